The van der Waals surface area contributed by atoms with Crippen LogP contribution in [0.15, 0.2) is 34.9 Å². The number of carbonyl (C=O) groups is 2. The summed E-state index contributed by atoms with van der Waals surface area (Å²) in [6.07, 6.45) is 10.5. The van der Waals surface area contributed by atoms with Crippen LogP contribution in [-0.2, 0) is 9.59 Å². The third kappa shape index (κ3) is 6.62. The second-order valence-electron chi connectivity index (χ2n) is 5.17. The molecule has 0 bridgehead atoms. The minimum atomic E-state index is -1.49. The van der Waals surface area contributed by atoms with Crippen LogP contribution in [0.5, 0.6) is 0 Å². The van der Waals surface area contributed by atoms with Crippen molar-refractivity contribution in [2.45, 2.75) is 45.4 Å². The van der Waals surface area contributed by atoms with E-state index in [1.54, 1.807) is 6.08 Å². The highest BCUT2D eigenvalue weighted by Crippen LogP contribution is 2.18. The van der Waals surface area contributed by atoms with Gasteiger partial charge in [0.15, 0.2) is 0 Å². The molecule has 0 atom stereocenters. The molecule has 0 saturated heterocycles. The van der Waals surface area contributed by atoms with E-state index in [-0.39, 0.29) is 0 Å². The average Bonchev–Trinajstić information content (AvgIpc) is 2.50. The molecule has 5 heteroatoms. The molecule has 23 heavy (non-hydrogen) atoms. The number of hydrogen-bond donors (Lipinski definition) is 2. The highest BCUT2D eigenvalue weighted by molar-refractivity contribution is 7.80. The number of aliphatic carboxylic acids is 2. The van der Waals surface area contributed by atoms with Crippen LogP contribution in [0, 0.1) is 11.8 Å². The first-order chi connectivity index (χ1) is 11.0. The van der Waals surface area contributed by atoms with E-state index in [0.717, 1.165) is 24.5 Å². The molecule has 0 radical (unpaired) electrons. The minimum Gasteiger partial charge on any atom is -0.477 e. The van der Waals surface area contributed by atoms with Crippen molar-refractivity contribution in [2.24, 2.45) is 0 Å². The van der Waals surface area contributed by atoms with Crippen LogP contribution in [0.25, 0.3) is 0 Å². The second-order valence-corrected chi connectivity index (χ2v) is 5.66. The van der Waals surface area contributed by atoms with E-state index >= 15 is 0 Å². The van der Waals surface area contributed by atoms with Crippen LogP contribution >= 0.6 is 12.2 Å². The zero-order chi connectivity index (χ0) is 17.2. The highest BCUT2D eigenvalue weighted by atomic mass is 32.1. The monoisotopic (exact) mass is 332 g/mol. The molecule has 0 fully saturated rings. The van der Waals surface area contributed by atoms with Crippen LogP contribution in [0.4, 0.5) is 0 Å². The van der Waals surface area contributed by atoms with Crippen molar-refractivity contribution < 1.29 is 19.8 Å². The smallest absolute Gasteiger partial charge is 0.343 e. The zero-order valence-electron chi connectivity index (χ0n) is 13.1. The third-order valence-electron chi connectivity index (χ3n) is 3.29. The number of unbranched alkanes of at least 4 members (excludes halogenated alkanes) is 4. The van der Waals surface area contributed by atoms with Gasteiger partial charge in [-0.05, 0) is 24.1 Å². The summed E-state index contributed by atoms with van der Waals surface area (Å²) >= 11 is 5.16. The maximum absolute atomic E-state index is 10.9. The summed E-state index contributed by atoms with van der Waals surface area (Å²) in [6.45, 7) is 2.16. The minimum absolute atomic E-state index is 0.428. The summed E-state index contributed by atoms with van der Waals surface area (Å²) in [7, 11) is 0. The van der Waals surface area contributed by atoms with Crippen LogP contribution in [0.2, 0.25) is 0 Å². The lowest BCUT2D eigenvalue weighted by Crippen LogP contribution is -2.13. The first-order valence-electron chi connectivity index (χ1n) is 7.58. The molecule has 0 heterocycles. The molecule has 0 aromatic carbocycles. The Morgan fingerprint density at radius 2 is 1.96 bits per heavy atom. The number of hydrogen-bond acceptors (Lipinski definition) is 3. The largest absolute Gasteiger partial charge is 0.477 e. The molecular weight excluding hydrogens is 312 g/mol. The molecule has 2 N–H and O–H groups in total. The molecule has 0 unspecified atom stereocenters. The summed E-state index contributed by atoms with van der Waals surface area (Å²) < 4.78 is 0. The van der Waals surface area contributed by atoms with Crippen molar-refractivity contribution in [3.05, 3.63) is 34.9 Å². The average molecular weight is 332 g/mol. The van der Waals surface area contributed by atoms with Gasteiger partial charge < -0.3 is 10.2 Å². The van der Waals surface area contributed by atoms with Crippen molar-refractivity contribution >= 4 is 29.0 Å². The molecule has 1 aliphatic carbocycles. The number of carboxylic acid groups (broad SMARTS) is 2. The van der Waals surface area contributed by atoms with Crippen molar-refractivity contribution in [1.82, 2.24) is 0 Å². The molecule has 0 aromatic heterocycles. The van der Waals surface area contributed by atoms with Gasteiger partial charge in [-0.3, -0.25) is 0 Å². The highest BCUT2D eigenvalue weighted by Gasteiger charge is 2.18. The quantitative estimate of drug-likeness (QED) is 0.186. The van der Waals surface area contributed by atoms with E-state index in [9.17, 15) is 9.59 Å². The Kier molecular flexibility index (Phi) is 8.00. The van der Waals surface area contributed by atoms with E-state index < -0.39 is 17.5 Å². The fourth-order valence-electron chi connectivity index (χ4n) is 2.01. The van der Waals surface area contributed by atoms with E-state index in [1.807, 2.05) is 6.08 Å². The summed E-state index contributed by atoms with van der Waals surface area (Å²) in [4.78, 5) is 22.4. The van der Waals surface area contributed by atoms with Crippen LogP contribution in [-0.4, -0.2) is 27.0 Å². The zero-order valence-corrected chi connectivity index (χ0v) is 13.9. The Morgan fingerprint density at radius 3 is 2.57 bits per heavy atom. The number of carboxylic acids is 2. The summed E-state index contributed by atoms with van der Waals surface area (Å²) in [6, 6.07) is 0. The van der Waals surface area contributed by atoms with Crippen LogP contribution in [0.3, 0.4) is 0 Å². The Labute approximate surface area is 141 Å². The maximum Gasteiger partial charge on any atom is 0.343 e. The van der Waals surface area contributed by atoms with Gasteiger partial charge in [0.05, 0.1) is 0 Å². The van der Waals surface area contributed by atoms with Crippen molar-refractivity contribution in [3.63, 3.8) is 0 Å². The Hall–Kier alpha value is -2.19. The summed E-state index contributed by atoms with van der Waals surface area (Å²) in [5, 5.41) is 17.8. The van der Waals surface area contributed by atoms with E-state index in [0.29, 0.717) is 16.9 Å². The van der Waals surface area contributed by atoms with Gasteiger partial charge in [-0.25, -0.2) is 9.59 Å². The molecule has 0 amide bonds. The molecule has 1 rings (SSSR count). The molecule has 0 spiro atoms. The SMILES string of the molecule is CCCCCCC#CC1=CCC(=S)C(C=C(C(=O)O)C(=O)O)=C1. The van der Waals surface area contributed by atoms with Gasteiger partial charge in [-0.15, -0.1) is 0 Å². The van der Waals surface area contributed by atoms with Crippen molar-refractivity contribution in [2.75, 3.05) is 0 Å². The molecule has 1 aliphatic rings. The number of thiocarbonyl (C=S) groups is 1. The molecule has 0 aliphatic heterocycles. The van der Waals surface area contributed by atoms with E-state index in [2.05, 4.69) is 18.8 Å². The topological polar surface area (TPSA) is 74.6 Å². The third-order valence-corrected chi connectivity index (χ3v) is 3.69. The lowest BCUT2D eigenvalue weighted by molar-refractivity contribution is -0.140. The van der Waals surface area contributed by atoms with Gasteiger partial charge in [-0.1, -0.05) is 56.3 Å². The first kappa shape index (κ1) is 18.9. The summed E-state index contributed by atoms with van der Waals surface area (Å²) in [5.41, 5.74) is 0.473. The number of allylic oxidation sites excluding steroid dienone is 5. The Balaban J connectivity index is 2.83. The lowest BCUT2D eigenvalue weighted by Gasteiger charge is -2.09. The van der Waals surface area contributed by atoms with Crippen LogP contribution in [0.1, 0.15) is 45.4 Å². The van der Waals surface area contributed by atoms with Gasteiger partial charge in [0.1, 0.15) is 5.57 Å². The Morgan fingerprint density at radius 1 is 1.26 bits per heavy atom. The first-order valence-corrected chi connectivity index (χ1v) is 7.98. The molecule has 4 nitrogen and oxygen atoms in total. The van der Waals surface area contributed by atoms with Gasteiger partial charge in [0.25, 0.3) is 0 Å². The Bertz CT molecular complexity index is 626. The molecule has 122 valence electrons. The van der Waals surface area contributed by atoms with Crippen molar-refractivity contribution in [1.29, 1.82) is 0 Å². The fourth-order valence-corrected chi connectivity index (χ4v) is 2.21. The lowest BCUT2D eigenvalue weighted by atomic mass is 9.97. The van der Waals surface area contributed by atoms with E-state index in [1.165, 1.54) is 19.3 Å². The van der Waals surface area contributed by atoms with Gasteiger partial charge in [0, 0.05) is 23.3 Å². The fraction of sp³-hybridized carbons (Fsp3) is 0.389. The second kappa shape index (κ2) is 9.75. The number of rotatable bonds is 7. The molecule has 0 aromatic rings. The van der Waals surface area contributed by atoms with Gasteiger partial charge in [-0.2, -0.15) is 0 Å². The normalized spacial score (nSPS) is 13.3. The maximum atomic E-state index is 10.9. The standard InChI is InChI=1S/C18H20O4S/c1-2-3-4-5-6-7-8-13-9-10-16(23)14(11-13)12-15(17(19)20)18(21)22/h9,11-12H,2-6,10H2,1H3,(H,19,20)(H,21,22). The van der Waals surface area contributed by atoms with Gasteiger partial charge >= 0.3 is 11.9 Å². The molecule has 0 saturated carbocycles. The predicted octanol–water partition coefficient (Wildman–Crippen LogP) is 3.68. The van der Waals surface area contributed by atoms with Gasteiger partial charge in [0.2, 0.25) is 0 Å². The summed E-state index contributed by atoms with van der Waals surface area (Å²) in [5.74, 6) is 3.15. The molecular formula is C18H20O4S. The van der Waals surface area contributed by atoms with Crippen LogP contribution < -0.4 is 0 Å². The van der Waals surface area contributed by atoms with Crippen molar-refractivity contribution in [3.8, 4) is 11.8 Å². The van der Waals surface area contributed by atoms with E-state index in [4.69, 9.17) is 22.4 Å². The predicted molar refractivity (Wildman–Crippen MR) is 93.3 cm³/mol.